The largest absolute Gasteiger partial charge is 0.492 e. The molecule has 0 aliphatic rings. The molecule has 17 heavy (non-hydrogen) atoms. The lowest BCUT2D eigenvalue weighted by atomic mass is 10.1. The number of nitrogens with zero attached hydrogens (tertiary/aromatic N) is 2. The minimum atomic E-state index is 0.514. The van der Waals surface area contributed by atoms with Crippen LogP contribution in [0.15, 0.2) is 6.07 Å². The number of nitriles is 1. The molecular formula is C14H20N2O. The van der Waals surface area contributed by atoms with Crippen molar-refractivity contribution in [3.63, 3.8) is 0 Å². The van der Waals surface area contributed by atoms with Crippen LogP contribution in [0.4, 0.5) is 0 Å². The Morgan fingerprint density at radius 2 is 2.18 bits per heavy atom. The summed E-state index contributed by atoms with van der Waals surface area (Å²) >= 11 is 0. The Bertz CT molecular complexity index is 421. The number of ether oxygens (including phenoxy) is 1. The van der Waals surface area contributed by atoms with E-state index in [1.54, 1.807) is 0 Å². The lowest BCUT2D eigenvalue weighted by molar-refractivity contribution is 0.250. The number of hydrogen-bond donors (Lipinski definition) is 0. The fourth-order valence-electron chi connectivity index (χ4n) is 1.85. The topological polar surface area (TPSA) is 45.9 Å². The van der Waals surface area contributed by atoms with Crippen LogP contribution in [0.2, 0.25) is 0 Å². The molecule has 1 unspecified atom stereocenters. The molecule has 1 aromatic heterocycles. The van der Waals surface area contributed by atoms with Crippen molar-refractivity contribution in [2.75, 3.05) is 6.61 Å². The standard InChI is InChI=1S/C14H20N2O/c1-5-6-10(2)9-17-14-7-11(3)16-12(4)13(14)8-15/h7,10H,5-6,9H2,1-4H3. The predicted molar refractivity (Wildman–Crippen MR) is 68.0 cm³/mol. The molecule has 0 radical (unpaired) electrons. The van der Waals surface area contributed by atoms with Crippen LogP contribution in [0.3, 0.4) is 0 Å². The van der Waals surface area contributed by atoms with Gasteiger partial charge in [0.25, 0.3) is 0 Å². The molecule has 3 heteroatoms. The molecule has 1 rings (SSSR count). The van der Waals surface area contributed by atoms with Crippen LogP contribution in [0.25, 0.3) is 0 Å². The van der Waals surface area contributed by atoms with Crippen molar-refractivity contribution in [2.24, 2.45) is 5.92 Å². The van der Waals surface area contributed by atoms with Gasteiger partial charge in [-0.2, -0.15) is 5.26 Å². The highest BCUT2D eigenvalue weighted by molar-refractivity contribution is 5.46. The summed E-state index contributed by atoms with van der Waals surface area (Å²) in [7, 11) is 0. The normalized spacial score (nSPS) is 11.9. The molecule has 0 spiro atoms. The van der Waals surface area contributed by atoms with E-state index < -0.39 is 0 Å². The molecule has 0 amide bonds. The van der Waals surface area contributed by atoms with E-state index in [4.69, 9.17) is 10.00 Å². The molecule has 0 aromatic carbocycles. The maximum atomic E-state index is 9.09. The Morgan fingerprint density at radius 3 is 2.76 bits per heavy atom. The lowest BCUT2D eigenvalue weighted by Gasteiger charge is -2.14. The number of pyridine rings is 1. The zero-order valence-electron chi connectivity index (χ0n) is 11.1. The zero-order chi connectivity index (χ0) is 12.8. The summed E-state index contributed by atoms with van der Waals surface area (Å²) in [6.07, 6.45) is 2.30. The molecule has 0 aliphatic carbocycles. The van der Waals surface area contributed by atoms with E-state index >= 15 is 0 Å². The monoisotopic (exact) mass is 232 g/mol. The second kappa shape index (κ2) is 6.24. The molecule has 92 valence electrons. The number of hydrogen-bond acceptors (Lipinski definition) is 3. The molecule has 0 N–H and O–H groups in total. The first-order valence-corrected chi connectivity index (χ1v) is 6.09. The molecule has 1 atom stereocenters. The molecule has 0 fully saturated rings. The molecule has 0 bridgehead atoms. The average molecular weight is 232 g/mol. The third kappa shape index (κ3) is 3.74. The maximum absolute atomic E-state index is 9.09. The van der Waals surface area contributed by atoms with Crippen LogP contribution in [0.1, 0.15) is 43.6 Å². The van der Waals surface area contributed by atoms with E-state index in [0.717, 1.165) is 24.2 Å². The van der Waals surface area contributed by atoms with Crippen molar-refractivity contribution in [1.82, 2.24) is 4.98 Å². The Kier molecular flexibility index (Phi) is 4.96. The van der Waals surface area contributed by atoms with Gasteiger partial charge in [-0.3, -0.25) is 4.98 Å². The lowest BCUT2D eigenvalue weighted by Crippen LogP contribution is -2.10. The van der Waals surface area contributed by atoms with Crippen molar-refractivity contribution in [2.45, 2.75) is 40.5 Å². The predicted octanol–water partition coefficient (Wildman–Crippen LogP) is 3.39. The van der Waals surface area contributed by atoms with Crippen molar-refractivity contribution in [3.05, 3.63) is 23.0 Å². The van der Waals surface area contributed by atoms with E-state index in [1.165, 1.54) is 0 Å². The molecule has 3 nitrogen and oxygen atoms in total. The summed E-state index contributed by atoms with van der Waals surface area (Å²) in [5, 5.41) is 9.09. The van der Waals surface area contributed by atoms with Crippen LogP contribution in [0.5, 0.6) is 5.75 Å². The summed E-state index contributed by atoms with van der Waals surface area (Å²) in [5.41, 5.74) is 2.18. The third-order valence-electron chi connectivity index (χ3n) is 2.71. The van der Waals surface area contributed by atoms with Crippen LogP contribution in [0, 0.1) is 31.1 Å². The molecule has 0 saturated heterocycles. The van der Waals surface area contributed by atoms with E-state index in [1.807, 2.05) is 19.9 Å². The minimum absolute atomic E-state index is 0.514. The Balaban J connectivity index is 2.80. The molecule has 0 aliphatic heterocycles. The van der Waals surface area contributed by atoms with Gasteiger partial charge in [-0.15, -0.1) is 0 Å². The quantitative estimate of drug-likeness (QED) is 0.781. The van der Waals surface area contributed by atoms with Gasteiger partial charge in [0.1, 0.15) is 17.4 Å². The van der Waals surface area contributed by atoms with E-state index in [0.29, 0.717) is 23.8 Å². The maximum Gasteiger partial charge on any atom is 0.140 e. The van der Waals surface area contributed by atoms with Gasteiger partial charge in [-0.1, -0.05) is 20.3 Å². The van der Waals surface area contributed by atoms with Crippen molar-refractivity contribution >= 4 is 0 Å². The first-order chi connectivity index (χ1) is 8.08. The van der Waals surface area contributed by atoms with Crippen LogP contribution in [-0.4, -0.2) is 11.6 Å². The van der Waals surface area contributed by atoms with Gasteiger partial charge in [-0.25, -0.2) is 0 Å². The third-order valence-corrected chi connectivity index (χ3v) is 2.71. The van der Waals surface area contributed by atoms with Crippen LogP contribution < -0.4 is 4.74 Å². The van der Waals surface area contributed by atoms with Gasteiger partial charge in [0.15, 0.2) is 0 Å². The second-order valence-corrected chi connectivity index (χ2v) is 4.54. The SMILES string of the molecule is CCCC(C)COc1cc(C)nc(C)c1C#N. The first kappa shape index (κ1) is 13.5. The van der Waals surface area contributed by atoms with E-state index in [-0.39, 0.29) is 0 Å². The number of aromatic nitrogens is 1. The van der Waals surface area contributed by atoms with Crippen LogP contribution >= 0.6 is 0 Å². The Morgan fingerprint density at radius 1 is 1.47 bits per heavy atom. The summed E-state index contributed by atoms with van der Waals surface area (Å²) in [6.45, 7) is 8.74. The van der Waals surface area contributed by atoms with Gasteiger partial charge in [0.2, 0.25) is 0 Å². The number of aryl methyl sites for hydroxylation is 2. The highest BCUT2D eigenvalue weighted by Crippen LogP contribution is 2.22. The number of rotatable bonds is 5. The van der Waals surface area contributed by atoms with Gasteiger partial charge < -0.3 is 4.74 Å². The Labute approximate surface area is 103 Å². The van der Waals surface area contributed by atoms with E-state index in [9.17, 15) is 0 Å². The van der Waals surface area contributed by atoms with Gasteiger partial charge in [0, 0.05) is 11.8 Å². The molecular weight excluding hydrogens is 212 g/mol. The Hall–Kier alpha value is -1.56. The highest BCUT2D eigenvalue weighted by atomic mass is 16.5. The summed E-state index contributed by atoms with van der Waals surface area (Å²) in [4.78, 5) is 4.27. The summed E-state index contributed by atoms with van der Waals surface area (Å²) in [5.74, 6) is 1.18. The van der Waals surface area contributed by atoms with Crippen LogP contribution in [-0.2, 0) is 0 Å². The van der Waals surface area contributed by atoms with Gasteiger partial charge >= 0.3 is 0 Å². The minimum Gasteiger partial charge on any atom is -0.492 e. The highest BCUT2D eigenvalue weighted by Gasteiger charge is 2.10. The molecule has 0 saturated carbocycles. The van der Waals surface area contributed by atoms with Crippen molar-refractivity contribution < 1.29 is 4.74 Å². The summed E-state index contributed by atoms with van der Waals surface area (Å²) < 4.78 is 5.74. The first-order valence-electron chi connectivity index (χ1n) is 6.09. The van der Waals surface area contributed by atoms with Crippen molar-refractivity contribution in [1.29, 1.82) is 5.26 Å². The average Bonchev–Trinajstić information content (AvgIpc) is 2.26. The zero-order valence-corrected chi connectivity index (χ0v) is 11.1. The molecule has 1 aromatic rings. The fourth-order valence-corrected chi connectivity index (χ4v) is 1.85. The fraction of sp³-hybridized carbons (Fsp3) is 0.571. The van der Waals surface area contributed by atoms with Crippen molar-refractivity contribution in [3.8, 4) is 11.8 Å². The summed E-state index contributed by atoms with van der Waals surface area (Å²) in [6, 6.07) is 4.00. The second-order valence-electron chi connectivity index (χ2n) is 4.54. The van der Waals surface area contributed by atoms with E-state index in [2.05, 4.69) is 24.9 Å². The smallest absolute Gasteiger partial charge is 0.140 e. The van der Waals surface area contributed by atoms with Gasteiger partial charge in [-0.05, 0) is 26.2 Å². The molecule has 1 heterocycles. The van der Waals surface area contributed by atoms with Gasteiger partial charge in [0.05, 0.1) is 12.3 Å².